The topological polar surface area (TPSA) is 71.2 Å². The minimum atomic E-state index is -0.195. The van der Waals surface area contributed by atoms with Gasteiger partial charge in [0.25, 0.3) is 5.91 Å². The lowest BCUT2D eigenvalue weighted by atomic mass is 10.3. The third-order valence-electron chi connectivity index (χ3n) is 3.34. The Bertz CT molecular complexity index is 654. The maximum atomic E-state index is 12.4. The van der Waals surface area contributed by atoms with Crippen molar-refractivity contribution in [3.63, 3.8) is 0 Å². The summed E-state index contributed by atoms with van der Waals surface area (Å²) in [6.07, 6.45) is 3.40. The molecular formula is C14H15ClN4O2. The third kappa shape index (κ3) is 3.06. The largest absolute Gasteiger partial charge is 0.395 e. The molecule has 1 fully saturated rings. The van der Waals surface area contributed by atoms with E-state index in [-0.39, 0.29) is 24.2 Å². The molecule has 21 heavy (non-hydrogen) atoms. The molecule has 0 bridgehead atoms. The molecular weight excluding hydrogens is 292 g/mol. The molecule has 1 amide bonds. The number of hydrogen-bond acceptors (Lipinski definition) is 4. The highest BCUT2D eigenvalue weighted by atomic mass is 35.5. The van der Waals surface area contributed by atoms with Crippen LogP contribution in [0, 0.1) is 0 Å². The van der Waals surface area contributed by atoms with Gasteiger partial charge in [0.15, 0.2) is 5.69 Å². The Kier molecular flexibility index (Phi) is 3.90. The molecule has 1 aliphatic carbocycles. The first-order valence-corrected chi connectivity index (χ1v) is 7.17. The van der Waals surface area contributed by atoms with Crippen LogP contribution >= 0.6 is 11.6 Å². The average molecular weight is 307 g/mol. The van der Waals surface area contributed by atoms with E-state index in [0.29, 0.717) is 17.3 Å². The predicted octanol–water partition coefficient (Wildman–Crippen LogP) is 1.52. The molecule has 0 radical (unpaired) electrons. The molecule has 1 saturated carbocycles. The second kappa shape index (κ2) is 5.83. The van der Waals surface area contributed by atoms with Gasteiger partial charge in [0, 0.05) is 17.6 Å². The Hall–Kier alpha value is -1.92. The summed E-state index contributed by atoms with van der Waals surface area (Å²) in [5.41, 5.74) is 0.969. The first-order valence-electron chi connectivity index (χ1n) is 6.79. The van der Waals surface area contributed by atoms with Crippen molar-refractivity contribution in [1.29, 1.82) is 0 Å². The van der Waals surface area contributed by atoms with Crippen LogP contribution < -0.4 is 0 Å². The number of aliphatic hydroxyl groups is 1. The second-order valence-corrected chi connectivity index (χ2v) is 5.39. The van der Waals surface area contributed by atoms with Crippen LogP contribution in [0.25, 0.3) is 5.69 Å². The van der Waals surface area contributed by atoms with Gasteiger partial charge in [0.1, 0.15) is 0 Å². The first-order chi connectivity index (χ1) is 10.2. The Morgan fingerprint density at radius 1 is 1.48 bits per heavy atom. The van der Waals surface area contributed by atoms with Gasteiger partial charge in [0.2, 0.25) is 0 Å². The highest BCUT2D eigenvalue weighted by Crippen LogP contribution is 2.27. The molecule has 0 spiro atoms. The van der Waals surface area contributed by atoms with Crippen molar-refractivity contribution in [2.75, 3.05) is 13.2 Å². The predicted molar refractivity (Wildman–Crippen MR) is 77.5 cm³/mol. The number of aromatic nitrogens is 3. The SMILES string of the molecule is O=C(c1cnn(-c2cccc(Cl)c2)n1)N(CCO)C1CC1. The summed E-state index contributed by atoms with van der Waals surface area (Å²) in [6.45, 7) is 0.276. The van der Waals surface area contributed by atoms with Crippen LogP contribution in [0.3, 0.4) is 0 Å². The van der Waals surface area contributed by atoms with Crippen LogP contribution in [-0.2, 0) is 0 Å². The number of benzene rings is 1. The summed E-state index contributed by atoms with van der Waals surface area (Å²) in [5.74, 6) is -0.195. The van der Waals surface area contributed by atoms with Gasteiger partial charge in [-0.15, -0.1) is 5.10 Å². The van der Waals surface area contributed by atoms with Gasteiger partial charge >= 0.3 is 0 Å². The van der Waals surface area contributed by atoms with E-state index in [2.05, 4.69) is 10.2 Å². The Morgan fingerprint density at radius 2 is 2.29 bits per heavy atom. The van der Waals surface area contributed by atoms with Gasteiger partial charge in [-0.1, -0.05) is 17.7 Å². The van der Waals surface area contributed by atoms with Gasteiger partial charge in [-0.25, -0.2) is 0 Å². The lowest BCUT2D eigenvalue weighted by Gasteiger charge is -2.19. The van der Waals surface area contributed by atoms with Crippen LogP contribution in [0.4, 0.5) is 0 Å². The summed E-state index contributed by atoms with van der Waals surface area (Å²) in [4.78, 5) is 15.4. The van der Waals surface area contributed by atoms with Gasteiger partial charge in [-0.3, -0.25) is 4.79 Å². The number of carbonyl (C=O) groups excluding carboxylic acids is 1. The fourth-order valence-electron chi connectivity index (χ4n) is 2.18. The van der Waals surface area contributed by atoms with E-state index in [1.54, 1.807) is 23.1 Å². The number of carbonyl (C=O) groups is 1. The monoisotopic (exact) mass is 306 g/mol. The summed E-state index contributed by atoms with van der Waals surface area (Å²) in [5, 5.41) is 18.0. The molecule has 0 atom stereocenters. The van der Waals surface area contributed by atoms with E-state index < -0.39 is 0 Å². The lowest BCUT2D eigenvalue weighted by molar-refractivity contribution is 0.0701. The Morgan fingerprint density at radius 3 is 2.95 bits per heavy atom. The van der Waals surface area contributed by atoms with Gasteiger partial charge in [-0.05, 0) is 31.0 Å². The minimum Gasteiger partial charge on any atom is -0.395 e. The first kappa shape index (κ1) is 14.0. The number of hydrogen-bond donors (Lipinski definition) is 1. The zero-order chi connectivity index (χ0) is 14.8. The van der Waals surface area contributed by atoms with Gasteiger partial charge < -0.3 is 10.0 Å². The van der Waals surface area contributed by atoms with Crippen molar-refractivity contribution in [2.45, 2.75) is 18.9 Å². The molecule has 6 nitrogen and oxygen atoms in total. The smallest absolute Gasteiger partial charge is 0.276 e. The summed E-state index contributed by atoms with van der Waals surface area (Å²) in [7, 11) is 0. The quantitative estimate of drug-likeness (QED) is 0.909. The van der Waals surface area contributed by atoms with E-state index >= 15 is 0 Å². The van der Waals surface area contributed by atoms with Crippen molar-refractivity contribution in [1.82, 2.24) is 19.9 Å². The molecule has 1 N–H and O–H groups in total. The van der Waals surface area contributed by atoms with Crippen molar-refractivity contribution in [3.05, 3.63) is 41.2 Å². The normalized spacial score (nSPS) is 14.2. The second-order valence-electron chi connectivity index (χ2n) is 4.95. The number of nitrogens with zero attached hydrogens (tertiary/aromatic N) is 4. The molecule has 1 aliphatic rings. The van der Waals surface area contributed by atoms with Crippen molar-refractivity contribution in [2.24, 2.45) is 0 Å². The Labute approximate surface area is 126 Å². The fourth-order valence-corrected chi connectivity index (χ4v) is 2.36. The molecule has 0 aliphatic heterocycles. The highest BCUT2D eigenvalue weighted by molar-refractivity contribution is 6.30. The summed E-state index contributed by atoms with van der Waals surface area (Å²) < 4.78 is 0. The molecule has 1 aromatic carbocycles. The minimum absolute atomic E-state index is 0.0509. The van der Waals surface area contributed by atoms with Crippen LogP contribution in [-0.4, -0.2) is 50.1 Å². The van der Waals surface area contributed by atoms with Crippen LogP contribution in [0.5, 0.6) is 0 Å². The van der Waals surface area contributed by atoms with Crippen LogP contribution in [0.1, 0.15) is 23.3 Å². The average Bonchev–Trinajstić information content (AvgIpc) is 3.20. The summed E-state index contributed by atoms with van der Waals surface area (Å²) in [6, 6.07) is 7.32. The molecule has 1 heterocycles. The standard InChI is InChI=1S/C14H15ClN4O2/c15-10-2-1-3-12(8-10)19-16-9-13(17-19)14(21)18(6-7-20)11-4-5-11/h1-3,8-9,11,20H,4-7H2. The maximum Gasteiger partial charge on any atom is 0.276 e. The van der Waals surface area contributed by atoms with E-state index in [9.17, 15) is 4.79 Å². The van der Waals surface area contributed by atoms with Crippen molar-refractivity contribution in [3.8, 4) is 5.69 Å². The van der Waals surface area contributed by atoms with E-state index in [1.807, 2.05) is 6.07 Å². The van der Waals surface area contributed by atoms with Crippen molar-refractivity contribution < 1.29 is 9.90 Å². The summed E-state index contributed by atoms with van der Waals surface area (Å²) >= 11 is 5.93. The fraction of sp³-hybridized carbons (Fsp3) is 0.357. The zero-order valence-electron chi connectivity index (χ0n) is 11.3. The highest BCUT2D eigenvalue weighted by Gasteiger charge is 2.33. The third-order valence-corrected chi connectivity index (χ3v) is 3.57. The zero-order valence-corrected chi connectivity index (χ0v) is 12.1. The lowest BCUT2D eigenvalue weighted by Crippen LogP contribution is -2.35. The van der Waals surface area contributed by atoms with Gasteiger partial charge in [0.05, 0.1) is 18.5 Å². The Balaban J connectivity index is 1.82. The number of aliphatic hydroxyl groups excluding tert-OH is 1. The van der Waals surface area contributed by atoms with Crippen molar-refractivity contribution >= 4 is 17.5 Å². The molecule has 0 unspecified atom stereocenters. The van der Waals surface area contributed by atoms with E-state index in [1.165, 1.54) is 11.0 Å². The molecule has 1 aromatic heterocycles. The maximum absolute atomic E-state index is 12.4. The van der Waals surface area contributed by atoms with Crippen LogP contribution in [0.2, 0.25) is 5.02 Å². The molecule has 0 saturated heterocycles. The number of halogens is 1. The van der Waals surface area contributed by atoms with E-state index in [4.69, 9.17) is 16.7 Å². The van der Waals surface area contributed by atoms with E-state index in [0.717, 1.165) is 12.8 Å². The molecule has 7 heteroatoms. The van der Waals surface area contributed by atoms with Gasteiger partial charge in [-0.2, -0.15) is 9.90 Å². The van der Waals surface area contributed by atoms with Crippen LogP contribution in [0.15, 0.2) is 30.5 Å². The number of rotatable bonds is 5. The number of amides is 1. The molecule has 110 valence electrons. The molecule has 3 rings (SSSR count). The molecule has 2 aromatic rings.